The Morgan fingerprint density at radius 2 is 1.61 bits per heavy atom. The van der Waals surface area contributed by atoms with Crippen LogP contribution >= 0.6 is 0 Å². The van der Waals surface area contributed by atoms with E-state index in [0.29, 0.717) is 6.07 Å². The molecule has 0 aromatic heterocycles. The predicted octanol–water partition coefficient (Wildman–Crippen LogP) is 3.28. The fraction of sp³-hybridized carbons (Fsp3) is 0.400. The molecule has 0 heterocycles. The average molecular weight is 275 g/mol. The quantitative estimate of drug-likeness (QED) is 0.823. The summed E-state index contributed by atoms with van der Waals surface area (Å²) in [5.41, 5.74) is 2.42. The zero-order valence-electron chi connectivity index (χ0n) is 8.74. The predicted molar refractivity (Wildman–Crippen MR) is 49.1 cm³/mol. The maximum atomic E-state index is 13.4. The molecule has 0 aliphatic rings. The molecule has 1 rings (SSSR count). The summed E-state index contributed by atoms with van der Waals surface area (Å²) < 4.78 is 86.7. The van der Waals surface area contributed by atoms with E-state index < -0.39 is 41.8 Å². The van der Waals surface area contributed by atoms with Crippen molar-refractivity contribution in [2.75, 3.05) is 0 Å². The van der Waals surface area contributed by atoms with Crippen LogP contribution in [0.3, 0.4) is 0 Å². The van der Waals surface area contributed by atoms with Crippen LogP contribution in [0, 0.1) is 5.82 Å². The highest BCUT2D eigenvalue weighted by molar-refractivity contribution is 5.28. The molecule has 2 N–H and O–H groups in total. The van der Waals surface area contributed by atoms with Crippen LogP contribution < -0.4 is 5.73 Å². The zero-order chi connectivity index (χ0) is 14.1. The summed E-state index contributed by atoms with van der Waals surface area (Å²) >= 11 is 0. The summed E-state index contributed by atoms with van der Waals surface area (Å²) in [5.74, 6) is -1.72. The highest BCUT2D eigenvalue weighted by Gasteiger charge is 2.39. The van der Waals surface area contributed by atoms with Gasteiger partial charge >= 0.3 is 12.4 Å². The van der Waals surface area contributed by atoms with Crippen molar-refractivity contribution in [3.63, 3.8) is 0 Å². The topological polar surface area (TPSA) is 26.0 Å². The Labute approximate surface area is 97.4 Å². The second kappa shape index (κ2) is 4.75. The lowest BCUT2D eigenvalue weighted by atomic mass is 10.0. The number of halogens is 7. The third-order valence-electron chi connectivity index (χ3n) is 2.24. The molecule has 18 heavy (non-hydrogen) atoms. The van der Waals surface area contributed by atoms with Crippen molar-refractivity contribution in [3.05, 3.63) is 35.1 Å². The van der Waals surface area contributed by atoms with Crippen LogP contribution in [0.15, 0.2) is 18.2 Å². The largest absolute Gasteiger partial charge is 0.419 e. The highest BCUT2D eigenvalue weighted by atomic mass is 19.4. The van der Waals surface area contributed by atoms with E-state index in [9.17, 15) is 30.7 Å². The van der Waals surface area contributed by atoms with Crippen LogP contribution in [0.1, 0.15) is 11.1 Å². The van der Waals surface area contributed by atoms with Crippen molar-refractivity contribution in [1.29, 1.82) is 0 Å². The number of benzene rings is 1. The molecule has 0 fully saturated rings. The first kappa shape index (κ1) is 14.7. The number of alkyl halides is 6. The minimum absolute atomic E-state index is 0.456. The number of hydrogen-bond acceptors (Lipinski definition) is 1. The van der Waals surface area contributed by atoms with Gasteiger partial charge in [-0.2, -0.15) is 26.3 Å². The lowest BCUT2D eigenvalue weighted by Gasteiger charge is -2.17. The average Bonchev–Trinajstić information content (AvgIpc) is 2.17. The normalized spacial score (nSPS) is 14.7. The van der Waals surface area contributed by atoms with Gasteiger partial charge in [0.15, 0.2) is 0 Å². The van der Waals surface area contributed by atoms with Gasteiger partial charge in [0.1, 0.15) is 11.9 Å². The monoisotopic (exact) mass is 275 g/mol. The maximum Gasteiger partial charge on any atom is 0.419 e. The Kier molecular flexibility index (Phi) is 3.89. The smallest absolute Gasteiger partial charge is 0.320 e. The van der Waals surface area contributed by atoms with Crippen molar-refractivity contribution < 1.29 is 30.7 Å². The zero-order valence-corrected chi connectivity index (χ0v) is 8.74. The first-order valence-corrected chi connectivity index (χ1v) is 4.70. The van der Waals surface area contributed by atoms with E-state index >= 15 is 0 Å². The number of hydrogen-bond donors (Lipinski definition) is 1. The summed E-state index contributed by atoms with van der Waals surface area (Å²) in [6, 6.07) is -0.270. The molecule has 102 valence electrons. The van der Waals surface area contributed by atoms with E-state index in [1.165, 1.54) is 0 Å². The second-order valence-electron chi connectivity index (χ2n) is 3.63. The fourth-order valence-electron chi connectivity index (χ4n) is 1.31. The number of nitrogens with two attached hydrogens (primary N) is 1. The summed E-state index contributed by atoms with van der Waals surface area (Å²) in [5, 5.41) is 0. The molecule has 0 amide bonds. The molecular weight excluding hydrogens is 267 g/mol. The SMILES string of the molecule is NC(Cc1cccc(C(F)(F)F)c1F)C(F)(F)F. The fourth-order valence-corrected chi connectivity index (χ4v) is 1.31. The van der Waals surface area contributed by atoms with Crippen LogP contribution in [0.25, 0.3) is 0 Å². The molecule has 0 radical (unpaired) electrons. The van der Waals surface area contributed by atoms with E-state index in [1.54, 1.807) is 0 Å². The van der Waals surface area contributed by atoms with E-state index in [0.717, 1.165) is 12.1 Å². The van der Waals surface area contributed by atoms with E-state index in [4.69, 9.17) is 5.73 Å². The standard InChI is InChI=1S/C10H8F7N/c11-8-5(4-7(18)10(15,16)17)2-1-3-6(8)9(12,13)14/h1-3,7H,4,18H2. The summed E-state index contributed by atoms with van der Waals surface area (Å²) in [4.78, 5) is 0. The molecule has 0 aliphatic carbocycles. The molecular formula is C10H8F7N. The van der Waals surface area contributed by atoms with Gasteiger partial charge in [0.05, 0.1) is 5.56 Å². The number of rotatable bonds is 2. The van der Waals surface area contributed by atoms with Gasteiger partial charge in [0.25, 0.3) is 0 Å². The van der Waals surface area contributed by atoms with Crippen molar-refractivity contribution in [3.8, 4) is 0 Å². The van der Waals surface area contributed by atoms with Crippen molar-refractivity contribution in [2.45, 2.75) is 24.8 Å². The van der Waals surface area contributed by atoms with Crippen LogP contribution in [0.5, 0.6) is 0 Å². The Bertz CT molecular complexity index is 421. The van der Waals surface area contributed by atoms with Crippen LogP contribution in [-0.4, -0.2) is 12.2 Å². The molecule has 0 saturated carbocycles. The lowest BCUT2D eigenvalue weighted by Crippen LogP contribution is -2.39. The van der Waals surface area contributed by atoms with Gasteiger partial charge in [-0.1, -0.05) is 12.1 Å². The van der Waals surface area contributed by atoms with Crippen molar-refractivity contribution >= 4 is 0 Å². The minimum Gasteiger partial charge on any atom is -0.320 e. The van der Waals surface area contributed by atoms with Gasteiger partial charge < -0.3 is 5.73 Å². The second-order valence-corrected chi connectivity index (χ2v) is 3.63. The van der Waals surface area contributed by atoms with Gasteiger partial charge in [0.2, 0.25) is 0 Å². The first-order valence-electron chi connectivity index (χ1n) is 4.70. The van der Waals surface area contributed by atoms with Crippen molar-refractivity contribution in [2.24, 2.45) is 5.73 Å². The summed E-state index contributed by atoms with van der Waals surface area (Å²) in [7, 11) is 0. The van der Waals surface area contributed by atoms with Gasteiger partial charge in [-0.05, 0) is 18.1 Å². The molecule has 0 spiro atoms. The third kappa shape index (κ3) is 3.34. The van der Waals surface area contributed by atoms with E-state index in [1.807, 2.05) is 0 Å². The van der Waals surface area contributed by atoms with E-state index in [2.05, 4.69) is 0 Å². The van der Waals surface area contributed by atoms with Crippen LogP contribution in [-0.2, 0) is 12.6 Å². The van der Waals surface area contributed by atoms with Crippen LogP contribution in [0.2, 0.25) is 0 Å². The molecule has 0 saturated heterocycles. The molecule has 8 heteroatoms. The van der Waals surface area contributed by atoms with E-state index in [-0.39, 0.29) is 0 Å². The molecule has 0 aliphatic heterocycles. The molecule has 0 bridgehead atoms. The Balaban J connectivity index is 3.06. The Morgan fingerprint density at radius 1 is 1.06 bits per heavy atom. The lowest BCUT2D eigenvalue weighted by molar-refractivity contribution is -0.147. The summed E-state index contributed by atoms with van der Waals surface area (Å²) in [6.45, 7) is 0. The first-order chi connectivity index (χ1) is 8.03. The Morgan fingerprint density at radius 3 is 2.06 bits per heavy atom. The maximum absolute atomic E-state index is 13.4. The molecule has 1 nitrogen and oxygen atoms in total. The van der Waals surface area contributed by atoms with Gasteiger partial charge in [-0.3, -0.25) is 0 Å². The van der Waals surface area contributed by atoms with Gasteiger partial charge in [0, 0.05) is 0 Å². The minimum atomic E-state index is -4.96. The highest BCUT2D eigenvalue weighted by Crippen LogP contribution is 2.33. The molecule has 1 unspecified atom stereocenters. The van der Waals surface area contributed by atoms with Crippen molar-refractivity contribution in [1.82, 2.24) is 0 Å². The molecule has 1 aromatic rings. The van der Waals surface area contributed by atoms with Gasteiger partial charge in [-0.15, -0.1) is 0 Å². The van der Waals surface area contributed by atoms with Crippen LogP contribution in [0.4, 0.5) is 30.7 Å². The van der Waals surface area contributed by atoms with Gasteiger partial charge in [-0.25, -0.2) is 4.39 Å². The molecule has 1 atom stereocenters. The molecule has 1 aromatic carbocycles. The summed E-state index contributed by atoms with van der Waals surface area (Å²) in [6.07, 6.45) is -10.8. The third-order valence-corrected chi connectivity index (χ3v) is 2.24. The Hall–Kier alpha value is -1.31.